The maximum atomic E-state index is 5.77. The van der Waals surface area contributed by atoms with E-state index in [-0.39, 0.29) is 0 Å². The van der Waals surface area contributed by atoms with Crippen LogP contribution in [0.2, 0.25) is 0 Å². The van der Waals surface area contributed by atoms with E-state index in [2.05, 4.69) is 66.3 Å². The topological polar surface area (TPSA) is 54.7 Å². The number of nitrogens with one attached hydrogen (secondary N) is 1. The summed E-state index contributed by atoms with van der Waals surface area (Å²) >= 11 is 0. The molecule has 4 rings (SSSR count). The first-order valence-electron chi connectivity index (χ1n) is 10.4. The lowest BCUT2D eigenvalue weighted by molar-refractivity contribution is 0.734. The average molecular weight is 372 g/mol. The first-order chi connectivity index (χ1) is 13.7. The van der Waals surface area contributed by atoms with Gasteiger partial charge in [0.05, 0.1) is 11.2 Å². The Hall–Kier alpha value is -2.65. The summed E-state index contributed by atoms with van der Waals surface area (Å²) in [5, 5.41) is 2.52. The molecule has 4 aromatic rings. The van der Waals surface area contributed by atoms with Gasteiger partial charge in [0.15, 0.2) is 0 Å². The van der Waals surface area contributed by atoms with Crippen LogP contribution >= 0.6 is 0 Å². The molecule has 0 saturated carbocycles. The summed E-state index contributed by atoms with van der Waals surface area (Å²) in [5.41, 5.74) is 13.2. The van der Waals surface area contributed by atoms with Crippen LogP contribution in [0, 0.1) is 0 Å². The summed E-state index contributed by atoms with van der Waals surface area (Å²) in [6.07, 6.45) is 6.20. The number of fused-ring (bicyclic) bond motifs is 2. The number of nitrogens with two attached hydrogens (primary N) is 1. The van der Waals surface area contributed by atoms with Crippen LogP contribution < -0.4 is 5.73 Å². The minimum Gasteiger partial charge on any atom is -0.354 e. The van der Waals surface area contributed by atoms with E-state index in [0.717, 1.165) is 37.7 Å². The Labute approximate surface area is 167 Å². The second kappa shape index (κ2) is 8.15. The Kier molecular flexibility index (Phi) is 5.45. The molecule has 0 aliphatic heterocycles. The fourth-order valence-corrected chi connectivity index (χ4v) is 4.05. The monoisotopic (exact) mass is 371 g/mol. The van der Waals surface area contributed by atoms with Gasteiger partial charge in [0.2, 0.25) is 0 Å². The number of hydrogen-bond acceptors (Lipinski definition) is 2. The third-order valence-corrected chi connectivity index (χ3v) is 5.89. The van der Waals surface area contributed by atoms with E-state index in [1.165, 1.54) is 38.7 Å². The Morgan fingerprint density at radius 2 is 1.93 bits per heavy atom. The molecule has 28 heavy (non-hydrogen) atoms. The van der Waals surface area contributed by atoms with Crippen LogP contribution in [-0.4, -0.2) is 16.5 Å². The van der Waals surface area contributed by atoms with Crippen LogP contribution in [-0.2, 0) is 6.42 Å². The van der Waals surface area contributed by atoms with Gasteiger partial charge >= 0.3 is 0 Å². The van der Waals surface area contributed by atoms with Crippen LogP contribution in [0.15, 0.2) is 54.7 Å². The molecule has 2 aromatic heterocycles. The van der Waals surface area contributed by atoms with Crippen LogP contribution in [0.25, 0.3) is 33.1 Å². The van der Waals surface area contributed by atoms with Crippen molar-refractivity contribution >= 4 is 21.8 Å². The number of para-hydroxylation sites is 1. The van der Waals surface area contributed by atoms with Gasteiger partial charge in [0, 0.05) is 28.0 Å². The van der Waals surface area contributed by atoms with E-state index >= 15 is 0 Å². The number of pyridine rings is 1. The predicted octanol–water partition coefficient (Wildman–Crippen LogP) is 6.18. The highest BCUT2D eigenvalue weighted by atomic mass is 14.7. The Balaban J connectivity index is 1.92. The largest absolute Gasteiger partial charge is 0.354 e. The summed E-state index contributed by atoms with van der Waals surface area (Å²) in [4.78, 5) is 8.40. The van der Waals surface area contributed by atoms with Gasteiger partial charge in [-0.3, -0.25) is 4.98 Å². The second-order valence-electron chi connectivity index (χ2n) is 7.72. The number of aryl methyl sites for hydroxylation is 1. The number of benzene rings is 2. The maximum absolute atomic E-state index is 5.77. The number of nitrogens with zero attached hydrogens (tertiary/aromatic N) is 1. The molecule has 3 N–H and O–H groups in total. The number of hydrogen-bond donors (Lipinski definition) is 2. The molecule has 1 atom stereocenters. The highest BCUT2D eigenvalue weighted by Gasteiger charge is 2.16. The van der Waals surface area contributed by atoms with Crippen molar-refractivity contribution in [2.75, 3.05) is 6.54 Å². The van der Waals surface area contributed by atoms with E-state index in [9.17, 15) is 0 Å². The summed E-state index contributed by atoms with van der Waals surface area (Å²) in [5.74, 6) is 0.568. The zero-order chi connectivity index (χ0) is 19.5. The van der Waals surface area contributed by atoms with Crippen molar-refractivity contribution in [3.8, 4) is 11.3 Å². The van der Waals surface area contributed by atoms with Crippen molar-refractivity contribution in [2.45, 2.75) is 45.4 Å². The fraction of sp³-hybridized carbons (Fsp3) is 0.320. The fourth-order valence-electron chi connectivity index (χ4n) is 4.05. The smallest absolute Gasteiger partial charge is 0.0795 e. The van der Waals surface area contributed by atoms with Crippen molar-refractivity contribution in [2.24, 2.45) is 5.73 Å². The van der Waals surface area contributed by atoms with Gasteiger partial charge in [-0.1, -0.05) is 44.2 Å². The minimum atomic E-state index is 0.568. The van der Waals surface area contributed by atoms with Gasteiger partial charge in [0.25, 0.3) is 0 Å². The zero-order valence-electron chi connectivity index (χ0n) is 16.8. The number of aromatic amines is 1. The molecule has 0 saturated heterocycles. The summed E-state index contributed by atoms with van der Waals surface area (Å²) in [6.45, 7) is 5.30. The van der Waals surface area contributed by atoms with E-state index in [0.29, 0.717) is 5.92 Å². The number of rotatable bonds is 7. The lowest BCUT2D eigenvalue weighted by Gasteiger charge is -2.10. The van der Waals surface area contributed by atoms with Crippen molar-refractivity contribution in [1.29, 1.82) is 0 Å². The predicted molar refractivity (Wildman–Crippen MR) is 120 cm³/mol. The van der Waals surface area contributed by atoms with Crippen molar-refractivity contribution in [1.82, 2.24) is 9.97 Å². The highest BCUT2D eigenvalue weighted by Crippen LogP contribution is 2.36. The first kappa shape index (κ1) is 18.7. The third-order valence-electron chi connectivity index (χ3n) is 5.89. The lowest BCUT2D eigenvalue weighted by Crippen LogP contribution is -1.99. The van der Waals surface area contributed by atoms with Crippen LogP contribution in [0.3, 0.4) is 0 Å². The quantitative estimate of drug-likeness (QED) is 0.381. The molecular weight excluding hydrogens is 342 g/mol. The van der Waals surface area contributed by atoms with E-state index in [1.54, 1.807) is 0 Å². The van der Waals surface area contributed by atoms with Gasteiger partial charge in [-0.2, -0.15) is 0 Å². The zero-order valence-corrected chi connectivity index (χ0v) is 16.8. The number of H-pyrrole nitrogens is 1. The molecular formula is C25H29N3. The normalized spacial score (nSPS) is 12.7. The molecule has 0 spiro atoms. The van der Waals surface area contributed by atoms with Crippen LogP contribution in [0.4, 0.5) is 0 Å². The van der Waals surface area contributed by atoms with Gasteiger partial charge in [-0.25, -0.2) is 0 Å². The number of aromatic nitrogens is 2. The second-order valence-corrected chi connectivity index (χ2v) is 7.72. The number of unbranched alkanes of at least 4 members (excludes halogenated alkanes) is 1. The molecule has 2 heterocycles. The molecule has 3 heteroatoms. The highest BCUT2D eigenvalue weighted by molar-refractivity contribution is 5.99. The molecule has 1 unspecified atom stereocenters. The van der Waals surface area contributed by atoms with E-state index < -0.39 is 0 Å². The SMILES string of the molecule is CCC(C)c1ccc2[nH]c(-c3cccc4cccnc34)c(CCCCN)c2c1. The maximum Gasteiger partial charge on any atom is 0.0795 e. The molecule has 0 bridgehead atoms. The Morgan fingerprint density at radius 3 is 2.75 bits per heavy atom. The van der Waals surface area contributed by atoms with Crippen molar-refractivity contribution in [3.63, 3.8) is 0 Å². The molecule has 0 radical (unpaired) electrons. The van der Waals surface area contributed by atoms with Gasteiger partial charge in [0.1, 0.15) is 0 Å². The van der Waals surface area contributed by atoms with Gasteiger partial charge < -0.3 is 10.7 Å². The van der Waals surface area contributed by atoms with Gasteiger partial charge in [-0.15, -0.1) is 0 Å². The third kappa shape index (κ3) is 3.43. The van der Waals surface area contributed by atoms with Crippen molar-refractivity contribution in [3.05, 3.63) is 65.9 Å². The molecule has 3 nitrogen and oxygen atoms in total. The van der Waals surface area contributed by atoms with Crippen LogP contribution in [0.1, 0.15) is 50.2 Å². The van der Waals surface area contributed by atoms with E-state index in [1.807, 2.05) is 12.3 Å². The first-order valence-corrected chi connectivity index (χ1v) is 10.4. The van der Waals surface area contributed by atoms with Crippen molar-refractivity contribution < 1.29 is 0 Å². The van der Waals surface area contributed by atoms with Crippen LogP contribution in [0.5, 0.6) is 0 Å². The van der Waals surface area contributed by atoms with E-state index in [4.69, 9.17) is 5.73 Å². The minimum absolute atomic E-state index is 0.568. The standard InChI is InChI=1S/C25H29N3/c1-3-17(2)19-12-13-23-22(16-19)20(10-4-5-14-26)25(28-23)21-11-6-8-18-9-7-15-27-24(18)21/h6-9,11-13,15-17,28H,3-5,10,14,26H2,1-2H3. The lowest BCUT2D eigenvalue weighted by atomic mass is 9.94. The average Bonchev–Trinajstić information content (AvgIpc) is 3.10. The van der Waals surface area contributed by atoms with Gasteiger partial charge in [-0.05, 0) is 67.5 Å². The molecule has 0 amide bonds. The summed E-state index contributed by atoms with van der Waals surface area (Å²) in [7, 11) is 0. The molecule has 0 aliphatic carbocycles. The molecule has 2 aromatic carbocycles. The Bertz CT molecular complexity index is 1090. The molecule has 0 fully saturated rings. The summed E-state index contributed by atoms with van der Waals surface area (Å²) in [6, 6.07) is 17.5. The summed E-state index contributed by atoms with van der Waals surface area (Å²) < 4.78 is 0. The molecule has 0 aliphatic rings. The Morgan fingerprint density at radius 1 is 1.07 bits per heavy atom. The molecule has 144 valence electrons.